The molecule has 0 aliphatic heterocycles. The largest absolute Gasteiger partial charge is 0.565 e. The Morgan fingerprint density at radius 1 is 1.10 bits per heavy atom. The average molecular weight is 425 g/mol. The van der Waals surface area contributed by atoms with Crippen LogP contribution in [0.25, 0.3) is 0 Å². The van der Waals surface area contributed by atoms with Crippen LogP contribution in [0.2, 0.25) is 5.54 Å². The molecule has 0 aromatic rings. The van der Waals surface area contributed by atoms with Gasteiger partial charge in [-0.05, 0) is 73.1 Å². The highest BCUT2D eigenvalue weighted by Gasteiger charge is 2.48. The summed E-state index contributed by atoms with van der Waals surface area (Å²) in [6.07, 6.45) is 15.2. The lowest BCUT2D eigenvalue weighted by atomic mass is 9.89. The number of quaternary nitrogens is 1. The van der Waals surface area contributed by atoms with Crippen LogP contribution in [-0.4, -0.2) is 32.6 Å². The van der Waals surface area contributed by atoms with Crippen molar-refractivity contribution in [1.82, 2.24) is 0 Å². The normalized spacial score (nSPS) is 23.0. The lowest BCUT2D eigenvalue weighted by Gasteiger charge is -2.42. The lowest BCUT2D eigenvalue weighted by Crippen LogP contribution is -2.60. The van der Waals surface area contributed by atoms with Crippen molar-refractivity contribution < 1.29 is 17.4 Å². The molecule has 0 radical (unpaired) electrons. The van der Waals surface area contributed by atoms with Crippen LogP contribution in [-0.2, 0) is 4.46 Å². The monoisotopic (exact) mass is 424 g/mol. The SMILES string of the molecule is CC(C)(C)[N+](C)(C)[Si](=O)C1C=CC=C2CC=CC3=C4C(=CC3=C21)C=CCC4=C(F)F. The number of allylic oxidation sites excluding steroid dienone is 15. The summed E-state index contributed by atoms with van der Waals surface area (Å²) in [7, 11) is 1.89. The Morgan fingerprint density at radius 2 is 1.80 bits per heavy atom. The topological polar surface area (TPSA) is 17.1 Å². The third-order valence-electron chi connectivity index (χ3n) is 6.96. The van der Waals surface area contributed by atoms with Crippen molar-refractivity contribution in [3.05, 3.63) is 93.7 Å². The molecular weight excluding hydrogens is 396 g/mol. The second-order valence-corrected chi connectivity index (χ2v) is 12.1. The van der Waals surface area contributed by atoms with Gasteiger partial charge in [0.2, 0.25) is 0 Å². The van der Waals surface area contributed by atoms with E-state index >= 15 is 0 Å². The Kier molecular flexibility index (Phi) is 5.02. The summed E-state index contributed by atoms with van der Waals surface area (Å²) in [4.78, 5) is 0. The third kappa shape index (κ3) is 3.15. The fraction of sp³-hybridized carbons (Fsp3) is 0.360. The Labute approximate surface area is 179 Å². The maximum Gasteiger partial charge on any atom is 0.565 e. The number of halogens is 2. The van der Waals surface area contributed by atoms with Crippen molar-refractivity contribution in [2.24, 2.45) is 0 Å². The summed E-state index contributed by atoms with van der Waals surface area (Å²) in [6, 6.07) is 0. The molecule has 4 rings (SSSR count). The summed E-state index contributed by atoms with van der Waals surface area (Å²) in [5.74, 6) is 0. The molecule has 0 saturated carbocycles. The molecule has 0 bridgehead atoms. The molecule has 0 aromatic carbocycles. The smallest absolute Gasteiger partial charge is 0.328 e. The minimum Gasteiger partial charge on any atom is -0.328 e. The van der Waals surface area contributed by atoms with Crippen LogP contribution < -0.4 is 0 Å². The van der Waals surface area contributed by atoms with Crippen LogP contribution >= 0.6 is 0 Å². The van der Waals surface area contributed by atoms with E-state index in [9.17, 15) is 13.2 Å². The predicted molar refractivity (Wildman–Crippen MR) is 118 cm³/mol. The van der Waals surface area contributed by atoms with E-state index in [1.54, 1.807) is 6.08 Å². The molecule has 30 heavy (non-hydrogen) atoms. The van der Waals surface area contributed by atoms with Gasteiger partial charge in [-0.15, -0.1) is 0 Å². The third-order valence-corrected chi connectivity index (χ3v) is 9.75. The summed E-state index contributed by atoms with van der Waals surface area (Å²) < 4.78 is 41.8. The van der Waals surface area contributed by atoms with Crippen LogP contribution in [0.3, 0.4) is 0 Å². The van der Waals surface area contributed by atoms with Crippen LogP contribution in [0.15, 0.2) is 93.7 Å². The molecule has 0 heterocycles. The van der Waals surface area contributed by atoms with Crippen molar-refractivity contribution in [3.63, 3.8) is 0 Å². The minimum absolute atomic E-state index is 0.104. The Morgan fingerprint density at radius 3 is 2.47 bits per heavy atom. The highest BCUT2D eigenvalue weighted by atomic mass is 28.3. The Bertz CT molecular complexity index is 1080. The molecule has 0 aromatic heterocycles. The minimum atomic E-state index is -2.16. The first-order valence-corrected chi connectivity index (χ1v) is 11.8. The number of rotatable bonds is 2. The highest BCUT2D eigenvalue weighted by Crippen LogP contribution is 2.49. The molecule has 1 unspecified atom stereocenters. The first-order valence-electron chi connectivity index (χ1n) is 10.4. The fourth-order valence-electron chi connectivity index (χ4n) is 4.41. The second kappa shape index (κ2) is 7.17. The average Bonchev–Trinajstić information content (AvgIpc) is 2.94. The van der Waals surface area contributed by atoms with Gasteiger partial charge in [-0.1, -0.05) is 42.5 Å². The zero-order valence-corrected chi connectivity index (χ0v) is 19.2. The summed E-state index contributed by atoms with van der Waals surface area (Å²) >= 11 is 0. The predicted octanol–water partition coefficient (Wildman–Crippen LogP) is 6.25. The number of hydrogen-bond donors (Lipinski definition) is 0. The summed E-state index contributed by atoms with van der Waals surface area (Å²) in [5, 5.41) is 0. The summed E-state index contributed by atoms with van der Waals surface area (Å²) in [5.41, 5.74) is 5.11. The molecule has 0 saturated heterocycles. The maximum absolute atomic E-state index is 14.0. The van der Waals surface area contributed by atoms with Crippen molar-refractivity contribution in [3.8, 4) is 0 Å². The standard InChI is InChI=1S/C25H28F2NOSi/c1-25(2,3)28(4,5)30(29)21-14-8-10-16-9-6-12-18-20(23(16)21)15-17-11-7-13-19(22(17)18)24(26)27/h6-8,10-12,14-15,21H,9,13H2,1-5H3/q+1. The van der Waals surface area contributed by atoms with Crippen molar-refractivity contribution in [2.45, 2.75) is 44.7 Å². The van der Waals surface area contributed by atoms with Gasteiger partial charge in [0.25, 0.3) is 6.08 Å². The van der Waals surface area contributed by atoms with E-state index in [2.05, 4.69) is 26.8 Å². The van der Waals surface area contributed by atoms with Gasteiger partial charge in [-0.3, -0.25) is 0 Å². The first-order chi connectivity index (χ1) is 14.0. The maximum atomic E-state index is 14.0. The molecule has 2 nitrogen and oxygen atoms in total. The van der Waals surface area contributed by atoms with Gasteiger partial charge < -0.3 is 8.61 Å². The molecule has 0 N–H and O–H groups in total. The van der Waals surface area contributed by atoms with E-state index in [1.807, 2.05) is 50.6 Å². The fourth-order valence-corrected chi connectivity index (χ4v) is 6.63. The van der Waals surface area contributed by atoms with Gasteiger partial charge in [0, 0.05) is 5.57 Å². The van der Waals surface area contributed by atoms with Gasteiger partial charge in [0.1, 0.15) is 5.54 Å². The van der Waals surface area contributed by atoms with Gasteiger partial charge in [0.05, 0.1) is 19.6 Å². The molecular formula is C25H28F2NOSi+. The quantitative estimate of drug-likeness (QED) is 0.479. The Balaban J connectivity index is 1.94. The number of nitrogens with zero attached hydrogens (tertiary/aromatic N) is 1. The molecule has 0 amide bonds. The molecule has 4 aliphatic rings. The second-order valence-electron chi connectivity index (χ2n) is 9.68. The van der Waals surface area contributed by atoms with Gasteiger partial charge >= 0.3 is 8.84 Å². The van der Waals surface area contributed by atoms with E-state index in [1.165, 1.54) is 0 Å². The number of hydrogen-bond acceptors (Lipinski definition) is 1. The molecule has 0 fully saturated rings. The van der Waals surface area contributed by atoms with Crippen LogP contribution in [0.5, 0.6) is 0 Å². The van der Waals surface area contributed by atoms with Crippen LogP contribution in [0, 0.1) is 0 Å². The highest BCUT2D eigenvalue weighted by molar-refractivity contribution is 6.39. The van der Waals surface area contributed by atoms with E-state index in [0.29, 0.717) is 16.1 Å². The molecule has 1 atom stereocenters. The molecule has 156 valence electrons. The first kappa shape index (κ1) is 21.0. The van der Waals surface area contributed by atoms with E-state index in [0.717, 1.165) is 27.9 Å². The van der Waals surface area contributed by atoms with Crippen molar-refractivity contribution >= 4 is 8.84 Å². The van der Waals surface area contributed by atoms with Gasteiger partial charge in [-0.2, -0.15) is 8.78 Å². The van der Waals surface area contributed by atoms with Crippen molar-refractivity contribution in [1.29, 1.82) is 0 Å². The summed E-state index contributed by atoms with van der Waals surface area (Å²) in [6.45, 7) is 6.32. The lowest BCUT2D eigenvalue weighted by molar-refractivity contribution is -0.838. The van der Waals surface area contributed by atoms with E-state index in [4.69, 9.17) is 0 Å². The zero-order chi connectivity index (χ0) is 21.8. The zero-order valence-electron chi connectivity index (χ0n) is 18.2. The molecule has 5 heteroatoms. The van der Waals surface area contributed by atoms with E-state index in [-0.39, 0.29) is 23.1 Å². The number of fused-ring (bicyclic) bond motifs is 3. The Hall–Kier alpha value is -2.24. The molecule has 4 aliphatic carbocycles. The van der Waals surface area contributed by atoms with Crippen LogP contribution in [0.1, 0.15) is 33.6 Å². The van der Waals surface area contributed by atoms with E-state index < -0.39 is 14.9 Å². The van der Waals surface area contributed by atoms with Gasteiger partial charge in [0.15, 0.2) is 0 Å². The van der Waals surface area contributed by atoms with Crippen LogP contribution in [0.4, 0.5) is 8.78 Å². The molecule has 0 spiro atoms. The van der Waals surface area contributed by atoms with Crippen molar-refractivity contribution in [2.75, 3.05) is 14.1 Å². The van der Waals surface area contributed by atoms with Gasteiger partial charge in [-0.25, -0.2) is 0 Å².